The van der Waals surface area contributed by atoms with Gasteiger partial charge in [-0.15, -0.1) is 18.3 Å². The number of carbonyl (C=O) groups is 3. The Bertz CT molecular complexity index is 946. The predicted octanol–water partition coefficient (Wildman–Crippen LogP) is 3.76. The lowest BCUT2D eigenvalue weighted by atomic mass is 9.44. The monoisotopic (exact) mass is 551 g/mol. The SMILES string of the molecule is C=C[C@]1(C)C[C@@H](OC(=O)CS[C@H]2CCC[C@H](N(O)C=O)[C@H]2O)[C@]2(C)[C@H](C)CC[C@]3(CCC(=O)[C@H]32)[C@@H](C)[C@@H]1O. The number of Topliss-reactive ketones (excluding diaryl/α,β-unsaturated/α-hetero) is 1. The average Bonchev–Trinajstić information content (AvgIpc) is 3.26. The Balaban J connectivity index is 1.59. The van der Waals surface area contributed by atoms with E-state index in [0.29, 0.717) is 37.2 Å². The fourth-order valence-electron chi connectivity index (χ4n) is 8.54. The number of ether oxygens (including phenoxy) is 1. The molecule has 0 saturated heterocycles. The van der Waals surface area contributed by atoms with Crippen molar-refractivity contribution < 1.29 is 34.5 Å². The van der Waals surface area contributed by atoms with Crippen molar-refractivity contribution >= 4 is 29.9 Å². The maximum Gasteiger partial charge on any atom is 0.316 e. The van der Waals surface area contributed by atoms with Crippen LogP contribution in [0.5, 0.6) is 0 Å². The minimum Gasteiger partial charge on any atom is -0.461 e. The molecule has 0 heterocycles. The van der Waals surface area contributed by atoms with Crippen LogP contribution in [0, 0.1) is 34.0 Å². The molecule has 8 nitrogen and oxygen atoms in total. The Morgan fingerprint density at radius 1 is 1.21 bits per heavy atom. The maximum atomic E-state index is 13.5. The number of esters is 1. The fraction of sp³-hybridized carbons (Fsp3) is 0.828. The Morgan fingerprint density at radius 3 is 2.58 bits per heavy atom. The molecule has 4 aliphatic carbocycles. The van der Waals surface area contributed by atoms with Gasteiger partial charge in [0, 0.05) is 28.4 Å². The normalized spacial score (nSPS) is 46.9. The van der Waals surface area contributed by atoms with Gasteiger partial charge in [-0.05, 0) is 62.2 Å². The molecule has 0 aromatic carbocycles. The maximum absolute atomic E-state index is 13.5. The van der Waals surface area contributed by atoms with Crippen LogP contribution >= 0.6 is 11.8 Å². The molecule has 4 saturated carbocycles. The number of hydroxylamine groups is 2. The molecule has 38 heavy (non-hydrogen) atoms. The number of carbonyl (C=O) groups excluding carboxylic acids is 3. The van der Waals surface area contributed by atoms with Crippen molar-refractivity contribution in [2.24, 2.45) is 34.0 Å². The van der Waals surface area contributed by atoms with Gasteiger partial charge in [-0.25, -0.2) is 5.06 Å². The van der Waals surface area contributed by atoms with Gasteiger partial charge in [0.1, 0.15) is 11.9 Å². The Kier molecular flexibility index (Phi) is 8.45. The van der Waals surface area contributed by atoms with Crippen molar-refractivity contribution in [3.8, 4) is 0 Å². The number of thioether (sulfide) groups is 1. The third-order valence-electron chi connectivity index (χ3n) is 11.2. The van der Waals surface area contributed by atoms with E-state index in [0.717, 1.165) is 25.7 Å². The van der Waals surface area contributed by atoms with Crippen LogP contribution in [-0.2, 0) is 19.1 Å². The molecule has 0 aromatic heterocycles. The topological polar surface area (TPSA) is 124 Å². The summed E-state index contributed by atoms with van der Waals surface area (Å²) in [4.78, 5) is 37.8. The fourth-order valence-corrected chi connectivity index (χ4v) is 9.67. The minimum atomic E-state index is -0.952. The summed E-state index contributed by atoms with van der Waals surface area (Å²) in [5.41, 5.74) is -1.58. The minimum absolute atomic E-state index is 0.00937. The molecular formula is C29H45NO7S. The Morgan fingerprint density at radius 2 is 1.92 bits per heavy atom. The number of hydrogen-bond donors (Lipinski definition) is 3. The first-order chi connectivity index (χ1) is 17.9. The molecule has 3 N–H and O–H groups in total. The van der Waals surface area contributed by atoms with E-state index in [1.807, 2.05) is 6.92 Å². The lowest BCUT2D eigenvalue weighted by molar-refractivity contribution is -0.205. The van der Waals surface area contributed by atoms with Crippen LogP contribution in [0.2, 0.25) is 0 Å². The van der Waals surface area contributed by atoms with Crippen LogP contribution in [-0.4, -0.2) is 74.0 Å². The largest absolute Gasteiger partial charge is 0.461 e. The first-order valence-electron chi connectivity index (χ1n) is 14.1. The molecule has 214 valence electrons. The number of rotatable bonds is 7. The molecule has 9 heteroatoms. The molecule has 2 bridgehead atoms. The molecule has 11 atom stereocenters. The summed E-state index contributed by atoms with van der Waals surface area (Å²) >= 11 is 1.28. The second-order valence-electron chi connectivity index (χ2n) is 12.9. The van der Waals surface area contributed by atoms with Gasteiger partial charge in [0.2, 0.25) is 6.41 Å². The van der Waals surface area contributed by atoms with E-state index in [1.54, 1.807) is 6.08 Å². The Hall–Kier alpha value is -1.42. The van der Waals surface area contributed by atoms with E-state index < -0.39 is 41.2 Å². The summed E-state index contributed by atoms with van der Waals surface area (Å²) in [6.45, 7) is 12.4. The summed E-state index contributed by atoms with van der Waals surface area (Å²) in [6, 6.07) is -0.694. The van der Waals surface area contributed by atoms with Gasteiger partial charge in [-0.3, -0.25) is 19.6 Å². The van der Waals surface area contributed by atoms with Crippen molar-refractivity contribution in [2.45, 2.75) is 109 Å². The quantitative estimate of drug-likeness (QED) is 0.144. The van der Waals surface area contributed by atoms with E-state index in [4.69, 9.17) is 4.74 Å². The average molecular weight is 552 g/mol. The van der Waals surface area contributed by atoms with Crippen molar-refractivity contribution in [2.75, 3.05) is 5.75 Å². The molecule has 0 spiro atoms. The van der Waals surface area contributed by atoms with E-state index >= 15 is 0 Å². The molecule has 0 radical (unpaired) electrons. The van der Waals surface area contributed by atoms with E-state index in [2.05, 4.69) is 27.4 Å². The van der Waals surface area contributed by atoms with Crippen LogP contribution < -0.4 is 0 Å². The van der Waals surface area contributed by atoms with Crippen LogP contribution in [0.15, 0.2) is 12.7 Å². The lowest BCUT2D eigenvalue weighted by Gasteiger charge is -2.61. The number of ketones is 1. The number of nitrogens with zero attached hydrogens (tertiary/aromatic N) is 1. The molecule has 4 rings (SSSR count). The summed E-state index contributed by atoms with van der Waals surface area (Å²) < 4.78 is 6.27. The number of hydrogen-bond acceptors (Lipinski definition) is 8. The van der Waals surface area contributed by atoms with Crippen molar-refractivity contribution in [3.05, 3.63) is 12.7 Å². The smallest absolute Gasteiger partial charge is 0.316 e. The van der Waals surface area contributed by atoms with Crippen LogP contribution in [0.4, 0.5) is 0 Å². The van der Waals surface area contributed by atoms with Gasteiger partial charge in [0.05, 0.1) is 24.0 Å². The summed E-state index contributed by atoms with van der Waals surface area (Å²) in [5, 5.41) is 32.3. The van der Waals surface area contributed by atoms with Gasteiger partial charge >= 0.3 is 5.97 Å². The van der Waals surface area contributed by atoms with E-state index in [9.17, 15) is 29.8 Å². The second-order valence-corrected chi connectivity index (χ2v) is 14.1. The van der Waals surface area contributed by atoms with Crippen molar-refractivity contribution in [3.63, 3.8) is 0 Å². The molecule has 0 aromatic rings. The van der Waals surface area contributed by atoms with Crippen molar-refractivity contribution in [1.29, 1.82) is 0 Å². The van der Waals surface area contributed by atoms with E-state index in [1.165, 1.54) is 11.8 Å². The first-order valence-corrected chi connectivity index (χ1v) is 15.2. The van der Waals surface area contributed by atoms with Gasteiger partial charge in [-0.2, -0.15) is 0 Å². The molecule has 1 amide bonds. The number of amides is 1. The molecular weight excluding hydrogens is 506 g/mol. The van der Waals surface area contributed by atoms with Crippen LogP contribution in [0.3, 0.4) is 0 Å². The number of aliphatic hydroxyl groups excluding tert-OH is 2. The van der Waals surface area contributed by atoms with Crippen molar-refractivity contribution in [1.82, 2.24) is 5.06 Å². The zero-order valence-electron chi connectivity index (χ0n) is 23.2. The summed E-state index contributed by atoms with van der Waals surface area (Å²) in [6.07, 6.45) is 5.14. The predicted molar refractivity (Wildman–Crippen MR) is 144 cm³/mol. The number of aliphatic hydroxyl groups is 2. The standard InChI is InChI=1S/C29H45NO7S/c1-6-27(4)14-22(37-23(33)15-38-21-9-7-8-19(24(21)34)30(36)16-31)28(5)17(2)10-12-29(18(3)26(27)35)13-11-20(32)25(28)29/h6,16-19,21-22,24-26,34-36H,1,7-15H2,2-5H3/t17-,18+,19+,21+,22-,24-,25+,26+,27-,28+,29+/m1/s1. The molecule has 4 fully saturated rings. The van der Waals surface area contributed by atoms with E-state index in [-0.39, 0.29) is 40.0 Å². The Labute approximate surface area is 230 Å². The highest BCUT2D eigenvalue weighted by Gasteiger charge is 2.68. The van der Waals surface area contributed by atoms with Crippen LogP contribution in [0.1, 0.15) is 79.1 Å². The molecule has 0 unspecified atom stereocenters. The third-order valence-corrected chi connectivity index (χ3v) is 12.5. The molecule has 0 aliphatic heterocycles. The lowest BCUT2D eigenvalue weighted by Crippen LogP contribution is -2.63. The summed E-state index contributed by atoms with van der Waals surface area (Å²) in [7, 11) is 0. The third kappa shape index (κ3) is 4.65. The highest BCUT2D eigenvalue weighted by molar-refractivity contribution is 8.00. The highest BCUT2D eigenvalue weighted by Crippen LogP contribution is 2.68. The highest BCUT2D eigenvalue weighted by atomic mass is 32.2. The molecule has 4 aliphatic rings. The van der Waals surface area contributed by atoms with Gasteiger partial charge in [-0.1, -0.05) is 33.8 Å². The zero-order chi connectivity index (χ0) is 28.0. The first kappa shape index (κ1) is 29.6. The zero-order valence-corrected chi connectivity index (χ0v) is 24.0. The van der Waals surface area contributed by atoms with Crippen LogP contribution in [0.25, 0.3) is 0 Å². The van der Waals surface area contributed by atoms with Gasteiger partial charge in [0.15, 0.2) is 0 Å². The van der Waals surface area contributed by atoms with Gasteiger partial charge < -0.3 is 14.9 Å². The second kappa shape index (κ2) is 10.9. The van der Waals surface area contributed by atoms with Gasteiger partial charge in [0.25, 0.3) is 0 Å². The summed E-state index contributed by atoms with van der Waals surface area (Å²) in [5.74, 6) is -0.396.